The number of carbonyl (C=O) groups excluding carboxylic acids is 1. The number of nitrogens with one attached hydrogen (secondary N) is 1. The molecule has 0 saturated heterocycles. The van der Waals surface area contributed by atoms with Gasteiger partial charge in [0.25, 0.3) is 0 Å². The van der Waals surface area contributed by atoms with Crippen molar-refractivity contribution in [3.63, 3.8) is 0 Å². The number of pyridine rings is 2. The molecule has 8 nitrogen and oxygen atoms in total. The molecule has 5 aromatic rings. The fraction of sp³-hybridized carbons (Fsp3) is 0.231. The van der Waals surface area contributed by atoms with Crippen LogP contribution in [0.4, 0.5) is 13.2 Å². The van der Waals surface area contributed by atoms with Crippen LogP contribution >= 0.6 is 0 Å². The van der Waals surface area contributed by atoms with Crippen molar-refractivity contribution in [3.05, 3.63) is 82.9 Å². The van der Waals surface area contributed by atoms with E-state index in [4.69, 9.17) is 0 Å². The van der Waals surface area contributed by atoms with Crippen molar-refractivity contribution in [2.45, 2.75) is 39.5 Å². The highest BCUT2D eigenvalue weighted by Gasteiger charge is 2.37. The van der Waals surface area contributed by atoms with Crippen molar-refractivity contribution in [2.24, 2.45) is 0 Å². The second-order valence-electron chi connectivity index (χ2n) is 8.94. The summed E-state index contributed by atoms with van der Waals surface area (Å²) < 4.78 is 43.3. The number of benzene rings is 1. The van der Waals surface area contributed by atoms with E-state index >= 15 is 0 Å². The number of alkyl halides is 3. The van der Waals surface area contributed by atoms with Gasteiger partial charge >= 0.3 is 11.9 Å². The van der Waals surface area contributed by atoms with E-state index in [1.807, 2.05) is 54.0 Å². The zero-order valence-electron chi connectivity index (χ0n) is 20.2. The molecule has 1 aromatic carbocycles. The van der Waals surface area contributed by atoms with E-state index in [-0.39, 0.29) is 0 Å². The molecule has 0 spiro atoms. The number of nitrogens with zero attached hydrogens (tertiary/aromatic N) is 5. The highest BCUT2D eigenvalue weighted by atomic mass is 19.4. The number of hydrogen-bond donors (Lipinski definition) is 1. The van der Waals surface area contributed by atoms with Crippen LogP contribution in [0.1, 0.15) is 18.1 Å². The summed E-state index contributed by atoms with van der Waals surface area (Å²) in [5.41, 5.74) is 4.93. The van der Waals surface area contributed by atoms with Gasteiger partial charge in [-0.2, -0.15) is 13.2 Å². The zero-order chi connectivity index (χ0) is 26.5. The smallest absolute Gasteiger partial charge is 0.343 e. The minimum Gasteiger partial charge on any atom is -0.343 e. The molecule has 1 N–H and O–H groups in total. The van der Waals surface area contributed by atoms with Crippen LogP contribution in [0, 0.1) is 13.8 Å². The first kappa shape index (κ1) is 24.3. The molecular formula is C26H23F3N6O2. The van der Waals surface area contributed by atoms with Gasteiger partial charge in [0.05, 0.1) is 46.7 Å². The van der Waals surface area contributed by atoms with Crippen LogP contribution in [0.5, 0.6) is 0 Å². The number of imidazole rings is 2. The van der Waals surface area contributed by atoms with Crippen molar-refractivity contribution < 1.29 is 18.0 Å². The molecule has 0 aliphatic carbocycles. The summed E-state index contributed by atoms with van der Waals surface area (Å²) in [5, 5.41) is 1.92. The Hall–Kier alpha value is -4.41. The molecule has 1 atom stereocenters. The lowest BCUT2D eigenvalue weighted by Gasteiger charge is -2.17. The largest absolute Gasteiger partial charge is 0.408 e. The number of fused-ring (bicyclic) bond motifs is 2. The van der Waals surface area contributed by atoms with Gasteiger partial charge in [0, 0.05) is 11.8 Å². The fourth-order valence-electron chi connectivity index (χ4n) is 4.46. The summed E-state index contributed by atoms with van der Waals surface area (Å²) in [5.74, 6) is -0.911. The number of aromatic nitrogens is 5. The summed E-state index contributed by atoms with van der Waals surface area (Å²) in [4.78, 5) is 34.8. The molecule has 0 radical (unpaired) electrons. The molecule has 0 fully saturated rings. The van der Waals surface area contributed by atoms with Crippen molar-refractivity contribution >= 4 is 22.5 Å². The molecule has 0 aliphatic heterocycles. The lowest BCUT2D eigenvalue weighted by atomic mass is 10.1. The van der Waals surface area contributed by atoms with Gasteiger partial charge in [-0.05, 0) is 56.2 Å². The Balaban J connectivity index is 1.60. The maximum Gasteiger partial charge on any atom is 0.408 e. The normalized spacial score (nSPS) is 12.8. The first-order chi connectivity index (χ1) is 17.6. The van der Waals surface area contributed by atoms with Crippen molar-refractivity contribution in [1.29, 1.82) is 0 Å². The Kier molecular flexibility index (Phi) is 5.85. The molecule has 1 unspecified atom stereocenters. The highest BCUT2D eigenvalue weighted by molar-refractivity contribution is 5.85. The number of carbonyl (C=O) groups is 1. The third kappa shape index (κ3) is 4.26. The Morgan fingerprint density at radius 2 is 1.86 bits per heavy atom. The van der Waals surface area contributed by atoms with Gasteiger partial charge in [-0.15, -0.1) is 0 Å². The van der Waals surface area contributed by atoms with Gasteiger partial charge in [-0.1, -0.05) is 12.1 Å². The van der Waals surface area contributed by atoms with E-state index in [9.17, 15) is 22.8 Å². The number of para-hydroxylation sites is 1. The number of aryl methyl sites for hydroxylation is 2. The zero-order valence-corrected chi connectivity index (χ0v) is 20.2. The van der Waals surface area contributed by atoms with Crippen LogP contribution in [0.2, 0.25) is 0 Å². The summed E-state index contributed by atoms with van der Waals surface area (Å²) in [7, 11) is 0. The average Bonchev–Trinajstić information content (AvgIpc) is 3.42. The molecule has 0 saturated carbocycles. The van der Waals surface area contributed by atoms with Gasteiger partial charge in [0.1, 0.15) is 12.6 Å². The molecule has 5 rings (SSSR count). The third-order valence-corrected chi connectivity index (χ3v) is 6.37. The van der Waals surface area contributed by atoms with Crippen molar-refractivity contribution in [2.75, 3.05) is 0 Å². The summed E-state index contributed by atoms with van der Waals surface area (Å²) in [6, 6.07) is 8.87. The lowest BCUT2D eigenvalue weighted by Crippen LogP contribution is -2.45. The van der Waals surface area contributed by atoms with Gasteiger partial charge in [-0.25, -0.2) is 9.78 Å². The number of hydrogen-bond acceptors (Lipinski definition) is 4. The average molecular weight is 509 g/mol. The number of amides is 1. The van der Waals surface area contributed by atoms with E-state index in [0.29, 0.717) is 22.4 Å². The number of halogens is 3. The van der Waals surface area contributed by atoms with E-state index < -0.39 is 30.4 Å². The summed E-state index contributed by atoms with van der Waals surface area (Å²) in [6.45, 7) is 3.98. The fourth-order valence-corrected chi connectivity index (χ4v) is 4.46. The maximum absolute atomic E-state index is 13.6. The Labute approximate surface area is 209 Å². The van der Waals surface area contributed by atoms with E-state index in [1.165, 1.54) is 9.13 Å². The third-order valence-electron chi connectivity index (χ3n) is 6.37. The quantitative estimate of drug-likeness (QED) is 0.386. The molecule has 0 aliphatic rings. The van der Waals surface area contributed by atoms with Gasteiger partial charge in [0.15, 0.2) is 0 Å². The standard InChI is InChI=1S/C26H23F3N6O2/c1-15-6-4-8-20-24(15)35(25(37)34(20)13-23(36)32-17(3)26(27,28)29)21-12-31-19(10-16(21)2)18-7-5-9-33-14-30-11-22(18)33/h4-12,14,17H,13H2,1-3H3,(H,32,36). The number of rotatable bonds is 5. The van der Waals surface area contributed by atoms with Gasteiger partial charge < -0.3 is 9.72 Å². The van der Waals surface area contributed by atoms with Crippen molar-refractivity contribution in [3.8, 4) is 16.9 Å². The molecule has 11 heteroatoms. The molecule has 190 valence electrons. The predicted octanol–water partition coefficient (Wildman–Crippen LogP) is 4.19. The van der Waals surface area contributed by atoms with Crippen LogP contribution in [0.3, 0.4) is 0 Å². The minimum atomic E-state index is -4.59. The summed E-state index contributed by atoms with van der Waals surface area (Å²) >= 11 is 0. The first-order valence-electron chi connectivity index (χ1n) is 11.5. The van der Waals surface area contributed by atoms with Gasteiger partial charge in [-0.3, -0.25) is 18.9 Å². The first-order valence-corrected chi connectivity index (χ1v) is 11.5. The molecule has 4 heterocycles. The van der Waals surface area contributed by atoms with Gasteiger partial charge in [0.2, 0.25) is 5.91 Å². The van der Waals surface area contributed by atoms with Crippen molar-refractivity contribution in [1.82, 2.24) is 28.8 Å². The molecular weight excluding hydrogens is 485 g/mol. The Morgan fingerprint density at radius 1 is 1.08 bits per heavy atom. The minimum absolute atomic E-state index is 0.437. The second-order valence-corrected chi connectivity index (χ2v) is 8.94. The Bertz CT molecular complexity index is 1710. The molecule has 4 aromatic heterocycles. The van der Waals surface area contributed by atoms with Crippen LogP contribution in [0.15, 0.2) is 66.1 Å². The SMILES string of the molecule is Cc1cc(-c2cccn3cncc23)ncc1-n1c(=O)n(CC(=O)NC(C)C(F)(F)F)c2cccc(C)c21. The van der Waals surface area contributed by atoms with Crippen LogP contribution < -0.4 is 11.0 Å². The van der Waals surface area contributed by atoms with E-state index in [2.05, 4.69) is 9.97 Å². The predicted molar refractivity (Wildman–Crippen MR) is 133 cm³/mol. The maximum atomic E-state index is 13.6. The van der Waals surface area contributed by atoms with Crippen LogP contribution in [0.25, 0.3) is 33.5 Å². The lowest BCUT2D eigenvalue weighted by molar-refractivity contribution is -0.158. The second kappa shape index (κ2) is 8.91. The monoisotopic (exact) mass is 508 g/mol. The topological polar surface area (TPSA) is 86.2 Å². The van der Waals surface area contributed by atoms with Crippen LogP contribution in [-0.4, -0.2) is 41.6 Å². The molecule has 37 heavy (non-hydrogen) atoms. The highest BCUT2D eigenvalue weighted by Crippen LogP contribution is 2.28. The molecule has 0 bridgehead atoms. The molecule has 1 amide bonds. The van der Waals surface area contributed by atoms with E-state index in [1.54, 1.807) is 30.9 Å². The summed E-state index contributed by atoms with van der Waals surface area (Å²) in [6.07, 6.45) is 2.33. The van der Waals surface area contributed by atoms with E-state index in [0.717, 1.165) is 29.1 Å². The Morgan fingerprint density at radius 3 is 2.59 bits per heavy atom. The van der Waals surface area contributed by atoms with Crippen LogP contribution in [-0.2, 0) is 11.3 Å².